The number of carbonyl (C=O) groups excluding carboxylic acids is 2. The topological polar surface area (TPSA) is 116 Å². The summed E-state index contributed by atoms with van der Waals surface area (Å²) in [5.41, 5.74) is 1.75. The van der Waals surface area contributed by atoms with Crippen LogP contribution in [-0.4, -0.2) is 33.0 Å². The molecule has 0 saturated carbocycles. The van der Waals surface area contributed by atoms with E-state index in [4.69, 9.17) is 16.7 Å². The number of nitrogens with zero attached hydrogens (tertiary/aromatic N) is 2. The summed E-state index contributed by atoms with van der Waals surface area (Å²) in [5.74, 6) is -0.832. The average Bonchev–Trinajstić information content (AvgIpc) is 3.19. The number of hydrogen-bond donors (Lipinski definition) is 2. The summed E-state index contributed by atoms with van der Waals surface area (Å²) >= 11 is 6.08. The molecule has 3 aromatic rings. The Hall–Kier alpha value is -3.01. The van der Waals surface area contributed by atoms with E-state index >= 15 is 0 Å². The van der Waals surface area contributed by atoms with Crippen molar-refractivity contribution in [3.8, 4) is 5.69 Å². The van der Waals surface area contributed by atoms with E-state index in [9.17, 15) is 13.8 Å². The molecule has 8 nitrogen and oxygen atoms in total. The summed E-state index contributed by atoms with van der Waals surface area (Å²) in [5, 5.41) is 12.9. The fraction of sp³-hybridized carbons (Fsp3) is 0.105. The maximum Gasteiger partial charge on any atom is 0.341 e. The zero-order valence-corrected chi connectivity index (χ0v) is 16.9. The molecule has 3 rings (SSSR count). The molecule has 1 amide bonds. The van der Waals surface area contributed by atoms with Gasteiger partial charge in [0.15, 0.2) is 0 Å². The number of esters is 1. The van der Waals surface area contributed by atoms with Gasteiger partial charge in [-0.2, -0.15) is 5.10 Å². The summed E-state index contributed by atoms with van der Waals surface area (Å²) in [4.78, 5) is 24.2. The van der Waals surface area contributed by atoms with Gasteiger partial charge in [0.05, 0.1) is 35.9 Å². The third kappa shape index (κ3) is 4.89. The second-order valence-electron chi connectivity index (χ2n) is 5.96. The number of carbonyl (C=O) groups is 2. The van der Waals surface area contributed by atoms with E-state index in [1.54, 1.807) is 36.4 Å². The predicted molar refractivity (Wildman–Crippen MR) is 109 cm³/mol. The molecule has 0 bridgehead atoms. The summed E-state index contributed by atoms with van der Waals surface area (Å²) < 4.78 is 18.0. The monoisotopic (exact) mass is 432 g/mol. The van der Waals surface area contributed by atoms with Crippen molar-refractivity contribution in [1.29, 1.82) is 0 Å². The normalized spacial score (nSPS) is 11.7. The van der Waals surface area contributed by atoms with Crippen LogP contribution in [0.1, 0.15) is 15.9 Å². The number of anilines is 1. The van der Waals surface area contributed by atoms with Crippen LogP contribution in [-0.2, 0) is 26.9 Å². The standard InChI is InChI=1S/C19H17ClN4O4S/c1-28-19(26)13-10-22-24(11-13)16-7-6-14(9-17(16)29(21)27)23-18(25)8-12-4-2-3-5-15(12)20/h2-7,9-11H,8,21H2,1H3,(H,23,25). The Balaban J connectivity index is 1.83. The first-order chi connectivity index (χ1) is 13.9. The van der Waals surface area contributed by atoms with Crippen LogP contribution < -0.4 is 10.5 Å². The molecule has 0 aliphatic carbocycles. The van der Waals surface area contributed by atoms with Crippen LogP contribution in [0.5, 0.6) is 0 Å². The molecule has 0 aliphatic heterocycles. The minimum Gasteiger partial charge on any atom is -0.465 e. The molecule has 0 radical (unpaired) electrons. The van der Waals surface area contributed by atoms with Crippen molar-refractivity contribution in [2.75, 3.05) is 12.4 Å². The van der Waals surface area contributed by atoms with Crippen molar-refractivity contribution in [3.63, 3.8) is 0 Å². The lowest BCUT2D eigenvalue weighted by Gasteiger charge is -2.11. The molecule has 1 atom stereocenters. The Kier molecular flexibility index (Phi) is 6.42. The van der Waals surface area contributed by atoms with E-state index in [0.717, 1.165) is 0 Å². The van der Waals surface area contributed by atoms with Gasteiger partial charge in [0.2, 0.25) is 5.91 Å². The summed E-state index contributed by atoms with van der Waals surface area (Å²) in [6.07, 6.45) is 2.85. The lowest BCUT2D eigenvalue weighted by atomic mass is 10.1. The van der Waals surface area contributed by atoms with Gasteiger partial charge in [-0.3, -0.25) is 4.79 Å². The highest BCUT2D eigenvalue weighted by atomic mass is 35.5. The molecule has 0 fully saturated rings. The zero-order valence-electron chi connectivity index (χ0n) is 15.3. The van der Waals surface area contributed by atoms with Gasteiger partial charge in [-0.05, 0) is 29.8 Å². The Labute approximate surface area is 174 Å². The molecule has 1 unspecified atom stereocenters. The molecule has 0 aliphatic rings. The van der Waals surface area contributed by atoms with Gasteiger partial charge in [0.1, 0.15) is 11.0 Å². The molecule has 0 spiro atoms. The summed E-state index contributed by atoms with van der Waals surface area (Å²) in [6.45, 7) is 0. The first kappa shape index (κ1) is 20.7. The molecule has 10 heteroatoms. The van der Waals surface area contributed by atoms with E-state index in [2.05, 4.69) is 15.2 Å². The molecular formula is C19H17ClN4O4S. The first-order valence-corrected chi connectivity index (χ1v) is 9.95. The number of halogens is 1. The van der Waals surface area contributed by atoms with Crippen LogP contribution in [0.2, 0.25) is 5.02 Å². The Morgan fingerprint density at radius 1 is 1.28 bits per heavy atom. The molecule has 3 N–H and O–H groups in total. The SMILES string of the molecule is COC(=O)c1cnn(-c2ccc(NC(=O)Cc3ccccc3Cl)cc2S(N)=O)c1. The summed E-state index contributed by atoms with van der Waals surface area (Å²) in [7, 11) is -0.596. The Morgan fingerprint density at radius 2 is 2.03 bits per heavy atom. The van der Waals surface area contributed by atoms with E-state index in [1.807, 2.05) is 0 Å². The van der Waals surface area contributed by atoms with Crippen LogP contribution in [0.15, 0.2) is 59.8 Å². The van der Waals surface area contributed by atoms with E-state index < -0.39 is 17.0 Å². The largest absolute Gasteiger partial charge is 0.465 e. The molecule has 150 valence electrons. The van der Waals surface area contributed by atoms with Crippen molar-refractivity contribution >= 4 is 40.2 Å². The van der Waals surface area contributed by atoms with Crippen molar-refractivity contribution < 1.29 is 18.5 Å². The highest BCUT2D eigenvalue weighted by Crippen LogP contribution is 2.23. The van der Waals surface area contributed by atoms with Gasteiger partial charge >= 0.3 is 5.97 Å². The molecular weight excluding hydrogens is 416 g/mol. The fourth-order valence-electron chi connectivity index (χ4n) is 2.64. The van der Waals surface area contributed by atoms with E-state index in [1.165, 1.54) is 30.3 Å². The average molecular weight is 433 g/mol. The van der Waals surface area contributed by atoms with Gasteiger partial charge in [-0.15, -0.1) is 0 Å². The number of ether oxygens (including phenoxy) is 1. The third-order valence-corrected chi connectivity index (χ3v) is 5.15. The van der Waals surface area contributed by atoms with Crippen molar-refractivity contribution in [2.24, 2.45) is 5.14 Å². The van der Waals surface area contributed by atoms with E-state index in [-0.39, 0.29) is 22.8 Å². The Morgan fingerprint density at radius 3 is 2.72 bits per heavy atom. The highest BCUT2D eigenvalue weighted by Gasteiger charge is 2.15. The number of rotatable bonds is 6. The minimum atomic E-state index is -1.86. The van der Waals surface area contributed by atoms with Crippen LogP contribution in [0, 0.1) is 0 Å². The number of hydrogen-bond acceptors (Lipinski definition) is 5. The van der Waals surface area contributed by atoms with Gasteiger partial charge in [0, 0.05) is 16.9 Å². The lowest BCUT2D eigenvalue weighted by Crippen LogP contribution is -2.16. The highest BCUT2D eigenvalue weighted by molar-refractivity contribution is 7.82. The number of nitrogens with two attached hydrogens (primary N) is 1. The Bertz CT molecular complexity index is 1100. The van der Waals surface area contributed by atoms with Crippen LogP contribution >= 0.6 is 11.6 Å². The minimum absolute atomic E-state index is 0.0874. The van der Waals surface area contributed by atoms with Gasteiger partial charge in [-0.1, -0.05) is 29.8 Å². The van der Waals surface area contributed by atoms with Gasteiger partial charge in [0.25, 0.3) is 0 Å². The maximum absolute atomic E-state index is 12.3. The third-order valence-electron chi connectivity index (χ3n) is 4.02. The van der Waals surface area contributed by atoms with Gasteiger partial charge in [-0.25, -0.2) is 18.8 Å². The molecule has 1 aromatic heterocycles. The molecule has 2 aromatic carbocycles. The second-order valence-corrected chi connectivity index (χ2v) is 7.40. The second kappa shape index (κ2) is 8.99. The van der Waals surface area contributed by atoms with Crippen molar-refractivity contribution in [3.05, 3.63) is 71.0 Å². The van der Waals surface area contributed by atoms with Gasteiger partial charge < -0.3 is 10.1 Å². The number of benzene rings is 2. The van der Waals surface area contributed by atoms with Crippen LogP contribution in [0.3, 0.4) is 0 Å². The molecule has 29 heavy (non-hydrogen) atoms. The first-order valence-electron chi connectivity index (χ1n) is 8.36. The maximum atomic E-state index is 12.3. The lowest BCUT2D eigenvalue weighted by molar-refractivity contribution is -0.115. The predicted octanol–water partition coefficient (Wildman–Crippen LogP) is 2.47. The number of methoxy groups -OCH3 is 1. The molecule has 0 saturated heterocycles. The summed E-state index contributed by atoms with van der Waals surface area (Å²) in [6, 6.07) is 11.8. The molecule has 1 heterocycles. The van der Waals surface area contributed by atoms with Crippen molar-refractivity contribution in [2.45, 2.75) is 11.3 Å². The van der Waals surface area contributed by atoms with E-state index in [0.29, 0.717) is 22.0 Å². The van der Waals surface area contributed by atoms with Crippen LogP contribution in [0.4, 0.5) is 5.69 Å². The smallest absolute Gasteiger partial charge is 0.341 e. The van der Waals surface area contributed by atoms with Crippen molar-refractivity contribution in [1.82, 2.24) is 9.78 Å². The van der Waals surface area contributed by atoms with Crippen LogP contribution in [0.25, 0.3) is 5.69 Å². The number of nitrogens with one attached hydrogen (secondary N) is 1. The quantitative estimate of drug-likeness (QED) is 0.580. The fourth-order valence-corrected chi connectivity index (χ4v) is 3.45. The zero-order chi connectivity index (χ0) is 21.0. The number of amides is 1. The number of aromatic nitrogens is 2.